The molecule has 31 heavy (non-hydrogen) atoms. The molecular weight excluding hydrogens is 425 g/mol. The van der Waals surface area contributed by atoms with Crippen molar-refractivity contribution in [3.05, 3.63) is 114 Å². The fourth-order valence-electron chi connectivity index (χ4n) is 3.15. The van der Waals surface area contributed by atoms with Gasteiger partial charge in [-0.3, -0.25) is 0 Å². The molecule has 0 spiro atoms. The van der Waals surface area contributed by atoms with Gasteiger partial charge >= 0.3 is 7.25 Å². The van der Waals surface area contributed by atoms with E-state index in [2.05, 4.69) is 77.5 Å². The number of hydrogen-bond acceptors (Lipinski definition) is 0. The van der Waals surface area contributed by atoms with Gasteiger partial charge in [-0.2, -0.15) is 4.57 Å². The molecule has 0 bridgehead atoms. The molecule has 0 unspecified atom stereocenters. The normalized spacial score (nSPS) is 10.9. The Hall–Kier alpha value is -3.12. The fraction of sp³-hybridized carbons (Fsp3) is 0.0417. The third-order valence-electron chi connectivity index (χ3n) is 4.51. The van der Waals surface area contributed by atoms with Crippen LogP contribution in [-0.2, 0) is 6.54 Å². The zero-order chi connectivity index (χ0) is 22.3. The van der Waals surface area contributed by atoms with Gasteiger partial charge in [0.1, 0.15) is 0 Å². The van der Waals surface area contributed by atoms with Gasteiger partial charge < -0.3 is 17.3 Å². The van der Waals surface area contributed by atoms with E-state index in [1.165, 1.54) is 22.4 Å². The van der Waals surface area contributed by atoms with Gasteiger partial charge in [0.2, 0.25) is 5.69 Å². The standard InChI is InChI=1S/C24H19ClN.BF4/c25-23-14-8-7-13-22(23)18-26-16-15-21(19-9-3-1-4-10-19)17-24(26)20-11-5-2-6-12-20;2-1(3,4)5/h1-17H,18H2;/q+1;-1. The Morgan fingerprint density at radius 1 is 0.645 bits per heavy atom. The summed E-state index contributed by atoms with van der Waals surface area (Å²) in [4.78, 5) is 0. The highest BCUT2D eigenvalue weighted by Crippen LogP contribution is 2.24. The van der Waals surface area contributed by atoms with Crippen LogP contribution in [0, 0.1) is 0 Å². The predicted octanol–water partition coefficient (Wildman–Crippen LogP) is 7.31. The maximum absolute atomic E-state index is 9.75. The highest BCUT2D eigenvalue weighted by atomic mass is 35.5. The first-order valence-electron chi connectivity index (χ1n) is 9.56. The third kappa shape index (κ3) is 6.97. The smallest absolute Gasteiger partial charge is 0.418 e. The molecule has 158 valence electrons. The number of nitrogens with zero attached hydrogens (tertiary/aromatic N) is 1. The molecule has 4 rings (SSSR count). The summed E-state index contributed by atoms with van der Waals surface area (Å²) in [5, 5.41) is 0.797. The van der Waals surface area contributed by atoms with Crippen LogP contribution in [0.1, 0.15) is 5.56 Å². The lowest BCUT2D eigenvalue weighted by atomic mass is 10.0. The topological polar surface area (TPSA) is 3.88 Å². The Morgan fingerprint density at radius 3 is 1.74 bits per heavy atom. The summed E-state index contributed by atoms with van der Waals surface area (Å²) in [6, 6.07) is 33.4. The molecular formula is C24H19BClF4N. The number of rotatable bonds is 4. The highest BCUT2D eigenvalue weighted by molar-refractivity contribution is 6.50. The molecule has 0 aliphatic rings. The molecule has 4 aromatic rings. The van der Waals surface area contributed by atoms with Crippen LogP contribution in [0.2, 0.25) is 5.02 Å². The molecule has 0 saturated heterocycles. The molecule has 0 aliphatic carbocycles. The largest absolute Gasteiger partial charge is 0.673 e. The second-order valence-corrected chi connectivity index (χ2v) is 7.15. The van der Waals surface area contributed by atoms with Crippen LogP contribution in [0.5, 0.6) is 0 Å². The number of pyridine rings is 1. The second kappa shape index (κ2) is 10.3. The molecule has 1 nitrogen and oxygen atoms in total. The van der Waals surface area contributed by atoms with Crippen LogP contribution in [0.4, 0.5) is 17.3 Å². The number of halogens is 5. The zero-order valence-corrected chi connectivity index (χ0v) is 17.2. The Balaban J connectivity index is 0.000000491. The van der Waals surface area contributed by atoms with E-state index in [4.69, 9.17) is 11.6 Å². The number of benzene rings is 3. The van der Waals surface area contributed by atoms with Gasteiger partial charge in [-0.1, -0.05) is 78.3 Å². The minimum atomic E-state index is -6.00. The summed E-state index contributed by atoms with van der Waals surface area (Å²) in [7, 11) is -6.00. The SMILES string of the molecule is Clc1ccccc1C[n+]1ccc(-c2ccccc2)cc1-c1ccccc1.F[B-](F)(F)F. The first-order valence-corrected chi connectivity index (χ1v) is 9.94. The lowest BCUT2D eigenvalue weighted by Gasteiger charge is -2.08. The minimum absolute atomic E-state index is 0.735. The van der Waals surface area contributed by atoms with Crippen LogP contribution < -0.4 is 4.57 Å². The maximum Gasteiger partial charge on any atom is 0.673 e. The maximum atomic E-state index is 9.75. The Morgan fingerprint density at radius 2 is 1.16 bits per heavy atom. The lowest BCUT2D eigenvalue weighted by molar-refractivity contribution is -0.677. The minimum Gasteiger partial charge on any atom is -0.418 e. The summed E-state index contributed by atoms with van der Waals surface area (Å²) < 4.78 is 41.3. The lowest BCUT2D eigenvalue weighted by Crippen LogP contribution is -2.36. The van der Waals surface area contributed by atoms with Crippen LogP contribution >= 0.6 is 11.6 Å². The van der Waals surface area contributed by atoms with Crippen LogP contribution in [-0.4, -0.2) is 7.25 Å². The average Bonchev–Trinajstić information content (AvgIpc) is 2.76. The number of aromatic nitrogens is 1. The first kappa shape index (κ1) is 22.6. The quantitative estimate of drug-likeness (QED) is 0.177. The molecule has 7 heteroatoms. The van der Waals surface area contributed by atoms with Crippen LogP contribution in [0.15, 0.2) is 103 Å². The van der Waals surface area contributed by atoms with E-state index in [9.17, 15) is 17.3 Å². The van der Waals surface area contributed by atoms with Crippen LogP contribution in [0.25, 0.3) is 22.4 Å². The second-order valence-electron chi connectivity index (χ2n) is 6.75. The molecule has 0 radical (unpaired) electrons. The summed E-state index contributed by atoms with van der Waals surface area (Å²) in [6.45, 7) is 0.735. The Bertz CT molecular complexity index is 1110. The van der Waals surface area contributed by atoms with E-state index in [-0.39, 0.29) is 0 Å². The van der Waals surface area contributed by atoms with Crippen molar-refractivity contribution in [3.8, 4) is 22.4 Å². The third-order valence-corrected chi connectivity index (χ3v) is 4.88. The van der Waals surface area contributed by atoms with Crippen molar-refractivity contribution in [3.63, 3.8) is 0 Å². The van der Waals surface area contributed by atoms with Crippen molar-refractivity contribution in [1.82, 2.24) is 0 Å². The molecule has 0 saturated carbocycles. The van der Waals surface area contributed by atoms with E-state index in [1.807, 2.05) is 30.3 Å². The van der Waals surface area contributed by atoms with Crippen molar-refractivity contribution in [2.45, 2.75) is 6.54 Å². The van der Waals surface area contributed by atoms with E-state index in [0.29, 0.717) is 0 Å². The van der Waals surface area contributed by atoms with Crippen molar-refractivity contribution in [2.75, 3.05) is 0 Å². The van der Waals surface area contributed by atoms with Gasteiger partial charge in [-0.15, -0.1) is 0 Å². The summed E-state index contributed by atoms with van der Waals surface area (Å²) in [5.41, 5.74) is 5.91. The average molecular weight is 444 g/mol. The van der Waals surface area contributed by atoms with Gasteiger partial charge in [0.05, 0.1) is 5.02 Å². The Labute approximate surface area is 183 Å². The van der Waals surface area contributed by atoms with Crippen molar-refractivity contribution in [1.29, 1.82) is 0 Å². The summed E-state index contributed by atoms with van der Waals surface area (Å²) >= 11 is 6.39. The predicted molar refractivity (Wildman–Crippen MR) is 118 cm³/mol. The highest BCUT2D eigenvalue weighted by Gasteiger charge is 2.20. The molecule has 0 N–H and O–H groups in total. The summed E-state index contributed by atoms with van der Waals surface area (Å²) in [6.07, 6.45) is 2.15. The van der Waals surface area contributed by atoms with Gasteiger partial charge in [-0.25, -0.2) is 0 Å². The van der Waals surface area contributed by atoms with Gasteiger partial charge in [0.15, 0.2) is 12.7 Å². The van der Waals surface area contributed by atoms with Crippen molar-refractivity contribution in [2.24, 2.45) is 0 Å². The molecule has 0 fully saturated rings. The molecule has 1 aromatic heterocycles. The Kier molecular flexibility index (Phi) is 7.47. The monoisotopic (exact) mass is 443 g/mol. The first-order chi connectivity index (χ1) is 14.8. The van der Waals surface area contributed by atoms with Gasteiger partial charge in [0, 0.05) is 23.3 Å². The zero-order valence-electron chi connectivity index (χ0n) is 16.4. The summed E-state index contributed by atoms with van der Waals surface area (Å²) in [5.74, 6) is 0. The van der Waals surface area contributed by atoms with E-state index < -0.39 is 7.25 Å². The molecule has 1 heterocycles. The van der Waals surface area contributed by atoms with Crippen LogP contribution in [0.3, 0.4) is 0 Å². The molecule has 0 amide bonds. The van der Waals surface area contributed by atoms with Crippen molar-refractivity contribution < 1.29 is 21.8 Å². The fourth-order valence-corrected chi connectivity index (χ4v) is 3.34. The molecule has 0 atom stereocenters. The molecule has 0 aliphatic heterocycles. The van der Waals surface area contributed by atoms with E-state index >= 15 is 0 Å². The van der Waals surface area contributed by atoms with Gasteiger partial charge in [-0.05, 0) is 29.3 Å². The van der Waals surface area contributed by atoms with E-state index in [1.54, 1.807) is 0 Å². The molecule has 3 aromatic carbocycles. The van der Waals surface area contributed by atoms with Crippen molar-refractivity contribution >= 4 is 18.9 Å². The number of hydrogen-bond donors (Lipinski definition) is 0. The van der Waals surface area contributed by atoms with Gasteiger partial charge in [0.25, 0.3) is 0 Å². The van der Waals surface area contributed by atoms with E-state index in [0.717, 1.165) is 17.1 Å².